The molecular formula is C12H15F2NO. The first-order valence-corrected chi connectivity index (χ1v) is 5.46. The molecule has 0 saturated heterocycles. The Morgan fingerprint density at radius 1 is 1.25 bits per heavy atom. The van der Waals surface area contributed by atoms with Crippen molar-refractivity contribution in [1.82, 2.24) is 0 Å². The lowest BCUT2D eigenvalue weighted by molar-refractivity contribution is 0.111. The van der Waals surface area contributed by atoms with Crippen LogP contribution in [0.25, 0.3) is 0 Å². The maximum atomic E-state index is 13.5. The number of rotatable bonds is 1. The van der Waals surface area contributed by atoms with E-state index < -0.39 is 17.7 Å². The van der Waals surface area contributed by atoms with E-state index in [-0.39, 0.29) is 12.0 Å². The van der Waals surface area contributed by atoms with Crippen LogP contribution in [0.4, 0.5) is 8.78 Å². The van der Waals surface area contributed by atoms with Crippen LogP contribution in [-0.4, -0.2) is 17.3 Å². The van der Waals surface area contributed by atoms with Crippen molar-refractivity contribution in [2.75, 3.05) is 0 Å². The van der Waals surface area contributed by atoms with Crippen LogP contribution >= 0.6 is 0 Å². The summed E-state index contributed by atoms with van der Waals surface area (Å²) in [7, 11) is 0. The summed E-state index contributed by atoms with van der Waals surface area (Å²) in [6.07, 6.45) is 1.22. The number of aliphatic hydroxyl groups excluding tert-OH is 1. The highest BCUT2D eigenvalue weighted by atomic mass is 19.1. The molecule has 1 aliphatic rings. The van der Waals surface area contributed by atoms with Gasteiger partial charge in [0.25, 0.3) is 0 Å². The van der Waals surface area contributed by atoms with Crippen LogP contribution in [-0.2, 0) is 0 Å². The number of aliphatic hydroxyl groups is 1. The Morgan fingerprint density at radius 2 is 2.00 bits per heavy atom. The minimum atomic E-state index is -0.449. The normalized spacial score (nSPS) is 30.4. The van der Waals surface area contributed by atoms with Gasteiger partial charge < -0.3 is 10.8 Å². The molecule has 0 radical (unpaired) electrons. The maximum absolute atomic E-state index is 13.5. The van der Waals surface area contributed by atoms with Crippen LogP contribution in [0.2, 0.25) is 0 Å². The van der Waals surface area contributed by atoms with Crippen molar-refractivity contribution in [3.8, 4) is 0 Å². The first-order valence-electron chi connectivity index (χ1n) is 5.46. The lowest BCUT2D eigenvalue weighted by Gasteiger charge is -2.32. The van der Waals surface area contributed by atoms with E-state index in [0.717, 1.165) is 12.1 Å². The van der Waals surface area contributed by atoms with E-state index in [9.17, 15) is 13.9 Å². The molecule has 0 heterocycles. The molecule has 1 fully saturated rings. The predicted octanol–water partition coefficient (Wildman–Crippen LogP) is 1.92. The van der Waals surface area contributed by atoms with Crippen LogP contribution < -0.4 is 5.73 Å². The van der Waals surface area contributed by atoms with Gasteiger partial charge in [-0.25, -0.2) is 8.78 Å². The molecule has 16 heavy (non-hydrogen) atoms. The van der Waals surface area contributed by atoms with Crippen LogP contribution in [0.1, 0.15) is 30.7 Å². The summed E-state index contributed by atoms with van der Waals surface area (Å²) in [6.45, 7) is 0. The van der Waals surface area contributed by atoms with E-state index in [0.29, 0.717) is 24.8 Å². The molecule has 0 amide bonds. The van der Waals surface area contributed by atoms with Crippen LogP contribution in [0.5, 0.6) is 0 Å². The van der Waals surface area contributed by atoms with Gasteiger partial charge in [-0.2, -0.15) is 0 Å². The van der Waals surface area contributed by atoms with Crippen molar-refractivity contribution in [3.63, 3.8) is 0 Å². The van der Waals surface area contributed by atoms with Gasteiger partial charge in [0.15, 0.2) is 0 Å². The molecule has 3 N–H and O–H groups in total. The van der Waals surface area contributed by atoms with Gasteiger partial charge in [-0.15, -0.1) is 0 Å². The topological polar surface area (TPSA) is 46.2 Å². The second-order valence-corrected chi connectivity index (χ2v) is 4.40. The molecule has 88 valence electrons. The monoisotopic (exact) mass is 227 g/mol. The number of halogens is 2. The van der Waals surface area contributed by atoms with E-state index in [4.69, 9.17) is 5.73 Å². The summed E-state index contributed by atoms with van der Waals surface area (Å²) in [5, 5.41) is 9.42. The minimum absolute atomic E-state index is 0.195. The Labute approximate surface area is 93.1 Å². The van der Waals surface area contributed by atoms with Gasteiger partial charge in [0.1, 0.15) is 11.6 Å². The summed E-state index contributed by atoms with van der Waals surface area (Å²) >= 11 is 0. The molecule has 1 aromatic rings. The van der Waals surface area contributed by atoms with Crippen molar-refractivity contribution in [2.24, 2.45) is 5.73 Å². The average Bonchev–Trinajstić information content (AvgIpc) is 2.22. The summed E-state index contributed by atoms with van der Waals surface area (Å²) in [5.41, 5.74) is 6.20. The lowest BCUT2D eigenvalue weighted by Crippen LogP contribution is -2.37. The first kappa shape index (κ1) is 11.5. The first-order chi connectivity index (χ1) is 7.58. The van der Waals surface area contributed by atoms with E-state index in [1.54, 1.807) is 0 Å². The van der Waals surface area contributed by atoms with Crippen LogP contribution in [0.3, 0.4) is 0 Å². The molecule has 2 rings (SSSR count). The van der Waals surface area contributed by atoms with Gasteiger partial charge in [0, 0.05) is 12.0 Å². The van der Waals surface area contributed by atoms with E-state index in [1.165, 1.54) is 6.07 Å². The Balaban J connectivity index is 2.26. The summed E-state index contributed by atoms with van der Waals surface area (Å²) in [5.74, 6) is -1.06. The fraction of sp³-hybridized carbons (Fsp3) is 0.500. The average molecular weight is 227 g/mol. The molecule has 1 saturated carbocycles. The van der Waals surface area contributed by atoms with Crippen molar-refractivity contribution in [3.05, 3.63) is 35.4 Å². The van der Waals surface area contributed by atoms with Gasteiger partial charge in [0.05, 0.1) is 6.10 Å². The summed E-state index contributed by atoms with van der Waals surface area (Å²) in [4.78, 5) is 0. The molecule has 0 aliphatic heterocycles. The maximum Gasteiger partial charge on any atom is 0.126 e. The molecule has 0 unspecified atom stereocenters. The highest BCUT2D eigenvalue weighted by molar-refractivity contribution is 5.25. The zero-order chi connectivity index (χ0) is 11.7. The van der Waals surface area contributed by atoms with Crippen molar-refractivity contribution < 1.29 is 13.9 Å². The minimum Gasteiger partial charge on any atom is -0.393 e. The summed E-state index contributed by atoms with van der Waals surface area (Å²) < 4.78 is 26.6. The molecule has 0 spiro atoms. The standard InChI is InChI=1S/C12H15F2NO/c13-7-1-4-11(14)10(5-7)9-3-2-8(16)6-12(9)15/h1,4-5,8-9,12,16H,2-3,6,15H2/t8-,9-,12+/m1/s1. The predicted molar refractivity (Wildman–Crippen MR) is 56.9 cm³/mol. The van der Waals surface area contributed by atoms with Crippen LogP contribution in [0, 0.1) is 11.6 Å². The third kappa shape index (κ3) is 2.23. The number of hydrogen-bond donors (Lipinski definition) is 2. The Kier molecular flexibility index (Phi) is 3.21. The van der Waals surface area contributed by atoms with Gasteiger partial charge >= 0.3 is 0 Å². The zero-order valence-corrected chi connectivity index (χ0v) is 8.87. The fourth-order valence-corrected chi connectivity index (χ4v) is 2.37. The third-order valence-electron chi connectivity index (χ3n) is 3.23. The largest absolute Gasteiger partial charge is 0.393 e. The molecule has 1 aliphatic carbocycles. The highest BCUT2D eigenvalue weighted by Gasteiger charge is 2.29. The van der Waals surface area contributed by atoms with Crippen LogP contribution in [0.15, 0.2) is 18.2 Å². The smallest absolute Gasteiger partial charge is 0.126 e. The van der Waals surface area contributed by atoms with Gasteiger partial charge in [-0.3, -0.25) is 0 Å². The zero-order valence-electron chi connectivity index (χ0n) is 8.87. The lowest BCUT2D eigenvalue weighted by atomic mass is 9.79. The second-order valence-electron chi connectivity index (χ2n) is 4.40. The van der Waals surface area contributed by atoms with Crippen molar-refractivity contribution in [1.29, 1.82) is 0 Å². The van der Waals surface area contributed by atoms with Crippen molar-refractivity contribution in [2.45, 2.75) is 37.3 Å². The molecule has 0 bridgehead atoms. The number of nitrogens with two attached hydrogens (primary N) is 1. The Hall–Kier alpha value is -1.00. The second kappa shape index (κ2) is 4.47. The van der Waals surface area contributed by atoms with Gasteiger partial charge in [0.2, 0.25) is 0 Å². The quantitative estimate of drug-likeness (QED) is 0.770. The highest BCUT2D eigenvalue weighted by Crippen LogP contribution is 2.33. The number of benzene rings is 1. The van der Waals surface area contributed by atoms with E-state index in [2.05, 4.69) is 0 Å². The molecule has 2 nitrogen and oxygen atoms in total. The number of hydrogen-bond acceptors (Lipinski definition) is 2. The third-order valence-corrected chi connectivity index (χ3v) is 3.23. The summed E-state index contributed by atoms with van der Waals surface area (Å²) in [6, 6.07) is 3.13. The molecular weight excluding hydrogens is 212 g/mol. The van der Waals surface area contributed by atoms with E-state index in [1.807, 2.05) is 0 Å². The molecule has 4 heteroatoms. The SMILES string of the molecule is N[C@H]1C[C@H](O)CC[C@@H]1c1cc(F)ccc1F. The molecule has 1 aromatic carbocycles. The molecule has 0 aromatic heterocycles. The molecule has 3 atom stereocenters. The van der Waals surface area contributed by atoms with Gasteiger partial charge in [-0.1, -0.05) is 0 Å². The van der Waals surface area contributed by atoms with Gasteiger partial charge in [-0.05, 0) is 43.0 Å². The fourth-order valence-electron chi connectivity index (χ4n) is 2.37. The Morgan fingerprint density at radius 3 is 2.69 bits per heavy atom. The Bertz CT molecular complexity index is 383. The van der Waals surface area contributed by atoms with E-state index >= 15 is 0 Å². The van der Waals surface area contributed by atoms with Crippen molar-refractivity contribution >= 4 is 0 Å².